The van der Waals surface area contributed by atoms with E-state index in [-0.39, 0.29) is 17.6 Å². The van der Waals surface area contributed by atoms with Gasteiger partial charge in [-0.3, -0.25) is 4.79 Å². The number of nitrogens with zero attached hydrogens (tertiary/aromatic N) is 2. The molecule has 1 amide bonds. The Kier molecular flexibility index (Phi) is 5.78. The lowest BCUT2D eigenvalue weighted by Gasteiger charge is -2.11. The topological polar surface area (TPSA) is 76.1 Å². The summed E-state index contributed by atoms with van der Waals surface area (Å²) in [7, 11) is 0. The highest BCUT2D eigenvalue weighted by Gasteiger charge is 2.14. The van der Waals surface area contributed by atoms with Crippen molar-refractivity contribution in [3.8, 4) is 5.75 Å². The molecule has 28 heavy (non-hydrogen) atoms. The predicted octanol–water partition coefficient (Wildman–Crippen LogP) is 4.54. The zero-order valence-electron chi connectivity index (χ0n) is 15.2. The monoisotopic (exact) mass is 384 g/mol. The van der Waals surface area contributed by atoms with Gasteiger partial charge in [0.2, 0.25) is 5.95 Å². The van der Waals surface area contributed by atoms with Gasteiger partial charge in [0.15, 0.2) is 0 Å². The van der Waals surface area contributed by atoms with Crippen LogP contribution in [0.15, 0.2) is 54.9 Å². The Morgan fingerprint density at radius 3 is 2.18 bits per heavy atom. The summed E-state index contributed by atoms with van der Waals surface area (Å²) in [6, 6.07) is 10.6. The molecule has 3 aromatic rings. The van der Waals surface area contributed by atoms with E-state index in [9.17, 15) is 13.6 Å². The molecule has 0 aliphatic rings. The molecule has 0 spiro atoms. The number of hydrogen-bond donors (Lipinski definition) is 2. The molecule has 0 fully saturated rings. The first kappa shape index (κ1) is 19.2. The molecule has 0 unspecified atom stereocenters. The molecular formula is C20H18F2N4O2. The van der Waals surface area contributed by atoms with Gasteiger partial charge in [-0.05, 0) is 50.2 Å². The van der Waals surface area contributed by atoms with Gasteiger partial charge in [0.25, 0.3) is 5.91 Å². The third kappa shape index (κ3) is 4.79. The van der Waals surface area contributed by atoms with E-state index in [0.717, 1.165) is 23.6 Å². The number of ether oxygens (including phenoxy) is 1. The second-order valence-corrected chi connectivity index (χ2v) is 6.16. The highest BCUT2D eigenvalue weighted by Crippen LogP contribution is 2.20. The van der Waals surface area contributed by atoms with Crippen LogP contribution in [0.1, 0.15) is 24.2 Å². The third-order valence-corrected chi connectivity index (χ3v) is 3.60. The SMILES string of the molecule is CC(C)Oc1ccc(Nc2ncc(C(=O)Nc3c(F)cccc3F)cn2)cc1. The van der Waals surface area contributed by atoms with Crippen molar-refractivity contribution in [3.63, 3.8) is 0 Å². The normalized spacial score (nSPS) is 10.6. The minimum Gasteiger partial charge on any atom is -0.491 e. The molecular weight excluding hydrogens is 366 g/mol. The molecule has 3 rings (SSSR count). The molecule has 0 bridgehead atoms. The fourth-order valence-electron chi connectivity index (χ4n) is 2.33. The van der Waals surface area contributed by atoms with Gasteiger partial charge in [-0.15, -0.1) is 0 Å². The van der Waals surface area contributed by atoms with Crippen LogP contribution in [0.25, 0.3) is 0 Å². The van der Waals surface area contributed by atoms with E-state index >= 15 is 0 Å². The molecule has 1 aromatic heterocycles. The molecule has 2 N–H and O–H groups in total. The lowest BCUT2D eigenvalue weighted by Crippen LogP contribution is -2.15. The maximum absolute atomic E-state index is 13.6. The number of nitrogens with one attached hydrogen (secondary N) is 2. The van der Waals surface area contributed by atoms with Gasteiger partial charge < -0.3 is 15.4 Å². The summed E-state index contributed by atoms with van der Waals surface area (Å²) in [4.78, 5) is 20.3. The van der Waals surface area contributed by atoms with Crippen molar-refractivity contribution in [1.82, 2.24) is 9.97 Å². The van der Waals surface area contributed by atoms with Crippen LogP contribution in [0, 0.1) is 11.6 Å². The van der Waals surface area contributed by atoms with E-state index in [1.165, 1.54) is 18.5 Å². The van der Waals surface area contributed by atoms with Crippen molar-refractivity contribution in [1.29, 1.82) is 0 Å². The second kappa shape index (κ2) is 8.43. The fourth-order valence-corrected chi connectivity index (χ4v) is 2.33. The Bertz CT molecular complexity index is 941. The molecule has 6 nitrogen and oxygen atoms in total. The summed E-state index contributed by atoms with van der Waals surface area (Å²) < 4.78 is 32.8. The molecule has 0 saturated carbocycles. The lowest BCUT2D eigenvalue weighted by molar-refractivity contribution is 0.102. The first-order valence-electron chi connectivity index (χ1n) is 8.53. The smallest absolute Gasteiger partial charge is 0.258 e. The number of amides is 1. The largest absolute Gasteiger partial charge is 0.491 e. The number of hydrogen-bond acceptors (Lipinski definition) is 5. The number of rotatable bonds is 6. The number of anilines is 3. The van der Waals surface area contributed by atoms with Crippen molar-refractivity contribution in [2.75, 3.05) is 10.6 Å². The molecule has 144 valence electrons. The van der Waals surface area contributed by atoms with E-state index in [4.69, 9.17) is 4.74 Å². The quantitative estimate of drug-likeness (QED) is 0.653. The minimum absolute atomic E-state index is 0.0638. The zero-order chi connectivity index (χ0) is 20.1. The lowest BCUT2D eigenvalue weighted by atomic mass is 10.2. The van der Waals surface area contributed by atoms with Crippen LogP contribution in [-0.2, 0) is 0 Å². The van der Waals surface area contributed by atoms with Crippen LogP contribution < -0.4 is 15.4 Å². The van der Waals surface area contributed by atoms with E-state index in [2.05, 4.69) is 20.6 Å². The first-order valence-corrected chi connectivity index (χ1v) is 8.53. The molecule has 8 heteroatoms. The summed E-state index contributed by atoms with van der Waals surface area (Å²) in [5.74, 6) is -1.43. The average molecular weight is 384 g/mol. The van der Waals surface area contributed by atoms with E-state index in [0.29, 0.717) is 0 Å². The summed E-state index contributed by atoms with van der Waals surface area (Å²) in [5, 5.41) is 5.17. The average Bonchev–Trinajstić information content (AvgIpc) is 2.66. The molecule has 0 aliphatic carbocycles. The zero-order valence-corrected chi connectivity index (χ0v) is 15.2. The Balaban J connectivity index is 1.65. The van der Waals surface area contributed by atoms with Crippen LogP contribution in [0.4, 0.5) is 26.1 Å². The number of benzene rings is 2. The van der Waals surface area contributed by atoms with Gasteiger partial charge in [0, 0.05) is 18.1 Å². The summed E-state index contributed by atoms with van der Waals surface area (Å²) in [5.41, 5.74) is 0.286. The third-order valence-electron chi connectivity index (χ3n) is 3.60. The van der Waals surface area contributed by atoms with Crippen LogP contribution in [0.5, 0.6) is 5.75 Å². The predicted molar refractivity (Wildman–Crippen MR) is 102 cm³/mol. The first-order chi connectivity index (χ1) is 13.4. The minimum atomic E-state index is -0.863. The van der Waals surface area contributed by atoms with Gasteiger partial charge in [0.1, 0.15) is 23.1 Å². The van der Waals surface area contributed by atoms with Crippen molar-refractivity contribution in [2.24, 2.45) is 0 Å². The molecule has 0 saturated heterocycles. The number of para-hydroxylation sites is 1. The van der Waals surface area contributed by atoms with Crippen molar-refractivity contribution in [3.05, 3.63) is 72.1 Å². The van der Waals surface area contributed by atoms with E-state index < -0.39 is 23.2 Å². The Morgan fingerprint density at radius 1 is 1.00 bits per heavy atom. The van der Waals surface area contributed by atoms with Gasteiger partial charge in [-0.2, -0.15) is 0 Å². The van der Waals surface area contributed by atoms with Crippen LogP contribution in [-0.4, -0.2) is 22.0 Å². The highest BCUT2D eigenvalue weighted by atomic mass is 19.1. The molecule has 0 aliphatic heterocycles. The van der Waals surface area contributed by atoms with Gasteiger partial charge in [-0.1, -0.05) is 6.07 Å². The van der Waals surface area contributed by atoms with E-state index in [1.807, 2.05) is 38.1 Å². The van der Waals surface area contributed by atoms with Gasteiger partial charge in [0.05, 0.1) is 11.7 Å². The number of halogens is 2. The van der Waals surface area contributed by atoms with Crippen molar-refractivity contribution in [2.45, 2.75) is 20.0 Å². The van der Waals surface area contributed by atoms with Gasteiger partial charge in [-0.25, -0.2) is 18.7 Å². The highest BCUT2D eigenvalue weighted by molar-refractivity contribution is 6.04. The standard InChI is InChI=1S/C20H18F2N4O2/c1-12(2)28-15-8-6-14(7-9-15)25-20-23-10-13(11-24-20)19(27)26-18-16(21)4-3-5-17(18)22/h3-12H,1-2H3,(H,26,27)(H,23,24,25). The van der Waals surface area contributed by atoms with Crippen molar-refractivity contribution >= 4 is 23.2 Å². The van der Waals surface area contributed by atoms with Crippen LogP contribution in [0.3, 0.4) is 0 Å². The Hall–Kier alpha value is -3.55. The van der Waals surface area contributed by atoms with E-state index in [1.54, 1.807) is 0 Å². The molecule has 2 aromatic carbocycles. The maximum atomic E-state index is 13.6. The number of aromatic nitrogens is 2. The van der Waals surface area contributed by atoms with Crippen molar-refractivity contribution < 1.29 is 18.3 Å². The fraction of sp³-hybridized carbons (Fsp3) is 0.150. The second-order valence-electron chi connectivity index (χ2n) is 6.16. The maximum Gasteiger partial charge on any atom is 0.258 e. The number of carbonyl (C=O) groups is 1. The Labute approximate surface area is 160 Å². The summed E-state index contributed by atoms with van der Waals surface area (Å²) in [6.07, 6.45) is 2.61. The molecule has 1 heterocycles. The van der Waals surface area contributed by atoms with Crippen LogP contribution >= 0.6 is 0 Å². The summed E-state index contributed by atoms with van der Waals surface area (Å²) in [6.45, 7) is 3.89. The van der Waals surface area contributed by atoms with Crippen LogP contribution in [0.2, 0.25) is 0 Å². The Morgan fingerprint density at radius 2 is 1.61 bits per heavy atom. The molecule has 0 atom stereocenters. The number of carbonyl (C=O) groups excluding carboxylic acids is 1. The van der Waals surface area contributed by atoms with Gasteiger partial charge >= 0.3 is 0 Å². The molecule has 0 radical (unpaired) electrons. The summed E-state index contributed by atoms with van der Waals surface area (Å²) >= 11 is 0.